The summed E-state index contributed by atoms with van der Waals surface area (Å²) in [6.07, 6.45) is 0.241. The molecular weight excluding hydrogens is 218 g/mol. The van der Waals surface area contributed by atoms with E-state index in [1.165, 1.54) is 0 Å². The van der Waals surface area contributed by atoms with Crippen LogP contribution in [0.3, 0.4) is 0 Å². The van der Waals surface area contributed by atoms with Gasteiger partial charge in [-0.25, -0.2) is 0 Å². The van der Waals surface area contributed by atoms with Crippen molar-refractivity contribution in [3.8, 4) is 0 Å². The first-order chi connectivity index (χ1) is 7.90. The molecule has 100 valence electrons. The second kappa shape index (κ2) is 6.33. The molecule has 0 spiro atoms. The highest BCUT2D eigenvalue weighted by Gasteiger charge is 2.30. The van der Waals surface area contributed by atoms with E-state index in [9.17, 15) is 4.79 Å². The van der Waals surface area contributed by atoms with Crippen molar-refractivity contribution >= 4 is 5.97 Å². The van der Waals surface area contributed by atoms with Gasteiger partial charge in [0.25, 0.3) is 0 Å². The van der Waals surface area contributed by atoms with Crippen LogP contribution in [0.1, 0.15) is 13.3 Å². The molecule has 1 N–H and O–H groups in total. The molecule has 0 aliphatic carbocycles. The second-order valence-electron chi connectivity index (χ2n) is 5.34. The molecule has 1 aliphatic rings. The molecule has 2 unspecified atom stereocenters. The van der Waals surface area contributed by atoms with Gasteiger partial charge < -0.3 is 14.9 Å². The molecule has 0 aromatic heterocycles. The van der Waals surface area contributed by atoms with Crippen molar-refractivity contribution in [2.45, 2.75) is 25.4 Å². The third kappa shape index (κ3) is 4.61. The van der Waals surface area contributed by atoms with E-state index in [0.717, 1.165) is 26.2 Å². The van der Waals surface area contributed by atoms with Crippen LogP contribution >= 0.6 is 0 Å². The summed E-state index contributed by atoms with van der Waals surface area (Å²) in [6, 6.07) is 0.649. The van der Waals surface area contributed by atoms with Gasteiger partial charge in [0.05, 0.1) is 6.42 Å². The first kappa shape index (κ1) is 14.4. The zero-order valence-electron chi connectivity index (χ0n) is 11.4. The highest BCUT2D eigenvalue weighted by Crippen LogP contribution is 2.16. The molecule has 0 aromatic carbocycles. The fraction of sp³-hybridized carbons (Fsp3) is 0.917. The summed E-state index contributed by atoms with van der Waals surface area (Å²) in [4.78, 5) is 17.6. The Balaban J connectivity index is 2.57. The Hall–Kier alpha value is -0.650. The first-order valence-corrected chi connectivity index (χ1v) is 6.21. The normalized spacial score (nSPS) is 27.6. The predicted octanol–water partition coefficient (Wildman–Crippen LogP) is 0.0272. The van der Waals surface area contributed by atoms with Crippen molar-refractivity contribution in [3.63, 3.8) is 0 Å². The monoisotopic (exact) mass is 243 g/mol. The smallest absolute Gasteiger partial charge is 0.304 e. The van der Waals surface area contributed by atoms with E-state index in [1.54, 1.807) is 0 Å². The molecule has 0 bridgehead atoms. The molecule has 1 heterocycles. The standard InChI is InChI=1S/C12H25N3O2/c1-10-8-15(6-5-13(2)3)11(7-12(16)17)9-14(10)4/h10-11H,5-9H2,1-4H3,(H,16,17). The van der Waals surface area contributed by atoms with Crippen LogP contribution in [-0.4, -0.2) is 85.2 Å². The van der Waals surface area contributed by atoms with Crippen LogP contribution in [-0.2, 0) is 4.79 Å². The summed E-state index contributed by atoms with van der Waals surface area (Å²) in [6.45, 7) is 5.93. The van der Waals surface area contributed by atoms with Crippen molar-refractivity contribution in [2.75, 3.05) is 47.3 Å². The first-order valence-electron chi connectivity index (χ1n) is 6.21. The molecule has 2 atom stereocenters. The fourth-order valence-corrected chi connectivity index (χ4v) is 2.25. The molecule has 5 nitrogen and oxygen atoms in total. The van der Waals surface area contributed by atoms with Crippen molar-refractivity contribution < 1.29 is 9.90 Å². The van der Waals surface area contributed by atoms with Gasteiger partial charge >= 0.3 is 5.97 Å². The Labute approximate surface area is 104 Å². The second-order valence-corrected chi connectivity index (χ2v) is 5.34. The SMILES string of the molecule is CC1CN(CCN(C)C)C(CC(=O)O)CN1C. The van der Waals surface area contributed by atoms with Gasteiger partial charge in [0.1, 0.15) is 0 Å². The minimum Gasteiger partial charge on any atom is -0.481 e. The van der Waals surface area contributed by atoms with E-state index in [1.807, 2.05) is 14.1 Å². The summed E-state index contributed by atoms with van der Waals surface area (Å²) < 4.78 is 0. The van der Waals surface area contributed by atoms with Crippen LogP contribution in [0.2, 0.25) is 0 Å². The van der Waals surface area contributed by atoms with Crippen LogP contribution in [0.25, 0.3) is 0 Å². The van der Waals surface area contributed by atoms with E-state index in [0.29, 0.717) is 6.04 Å². The average molecular weight is 243 g/mol. The molecule has 5 heteroatoms. The lowest BCUT2D eigenvalue weighted by atomic mass is 10.1. The van der Waals surface area contributed by atoms with Crippen molar-refractivity contribution in [3.05, 3.63) is 0 Å². The van der Waals surface area contributed by atoms with Crippen molar-refractivity contribution in [2.24, 2.45) is 0 Å². The highest BCUT2D eigenvalue weighted by molar-refractivity contribution is 5.67. The molecular formula is C12H25N3O2. The molecule has 1 aliphatic heterocycles. The lowest BCUT2D eigenvalue weighted by Gasteiger charge is -2.43. The molecule has 17 heavy (non-hydrogen) atoms. The number of rotatable bonds is 5. The van der Waals surface area contributed by atoms with Gasteiger partial charge in [0.15, 0.2) is 0 Å². The third-order valence-corrected chi connectivity index (χ3v) is 3.51. The van der Waals surface area contributed by atoms with E-state index >= 15 is 0 Å². The molecule has 0 amide bonds. The lowest BCUT2D eigenvalue weighted by molar-refractivity contribution is -0.139. The summed E-state index contributed by atoms with van der Waals surface area (Å²) in [7, 11) is 6.17. The molecule has 0 saturated carbocycles. The van der Waals surface area contributed by atoms with Crippen LogP contribution in [0.4, 0.5) is 0 Å². The maximum Gasteiger partial charge on any atom is 0.304 e. The molecule has 1 fully saturated rings. The predicted molar refractivity (Wildman–Crippen MR) is 68.3 cm³/mol. The fourth-order valence-electron chi connectivity index (χ4n) is 2.25. The van der Waals surface area contributed by atoms with Crippen LogP contribution in [0.5, 0.6) is 0 Å². The van der Waals surface area contributed by atoms with Crippen LogP contribution in [0, 0.1) is 0 Å². The van der Waals surface area contributed by atoms with E-state index in [4.69, 9.17) is 5.11 Å². The maximum absolute atomic E-state index is 10.9. The van der Waals surface area contributed by atoms with E-state index < -0.39 is 5.97 Å². The zero-order valence-corrected chi connectivity index (χ0v) is 11.4. The van der Waals surface area contributed by atoms with Crippen LogP contribution < -0.4 is 0 Å². The molecule has 1 rings (SSSR count). The Kier molecular flexibility index (Phi) is 5.36. The van der Waals surface area contributed by atoms with Gasteiger partial charge in [0.2, 0.25) is 0 Å². The van der Waals surface area contributed by atoms with E-state index in [2.05, 4.69) is 28.7 Å². The number of carbonyl (C=O) groups is 1. The van der Waals surface area contributed by atoms with Crippen molar-refractivity contribution in [1.82, 2.24) is 14.7 Å². The number of piperazine rings is 1. The number of carboxylic acid groups (broad SMARTS) is 1. The summed E-state index contributed by atoms with van der Waals surface area (Å²) in [5.74, 6) is -0.701. The molecule has 1 saturated heterocycles. The highest BCUT2D eigenvalue weighted by atomic mass is 16.4. The number of carboxylic acids is 1. The largest absolute Gasteiger partial charge is 0.481 e. The minimum atomic E-state index is -0.701. The maximum atomic E-state index is 10.9. The van der Waals surface area contributed by atoms with E-state index in [-0.39, 0.29) is 12.5 Å². The lowest BCUT2D eigenvalue weighted by Crippen LogP contribution is -2.57. The van der Waals surface area contributed by atoms with Gasteiger partial charge in [0, 0.05) is 38.3 Å². The summed E-state index contributed by atoms with van der Waals surface area (Å²) in [5, 5.41) is 8.96. The number of hydrogen-bond acceptors (Lipinski definition) is 4. The Morgan fingerprint density at radius 3 is 2.59 bits per heavy atom. The quantitative estimate of drug-likeness (QED) is 0.738. The minimum absolute atomic E-state index is 0.147. The van der Waals surface area contributed by atoms with Gasteiger partial charge in [-0.2, -0.15) is 0 Å². The number of likely N-dealkylation sites (N-methyl/N-ethyl adjacent to an activating group) is 2. The summed E-state index contributed by atoms with van der Waals surface area (Å²) in [5.41, 5.74) is 0. The Morgan fingerprint density at radius 2 is 2.06 bits per heavy atom. The van der Waals surface area contributed by atoms with Crippen LogP contribution in [0.15, 0.2) is 0 Å². The zero-order chi connectivity index (χ0) is 13.0. The summed E-state index contributed by atoms with van der Waals surface area (Å²) >= 11 is 0. The third-order valence-electron chi connectivity index (χ3n) is 3.51. The molecule has 0 radical (unpaired) electrons. The number of aliphatic carboxylic acids is 1. The Morgan fingerprint density at radius 1 is 1.41 bits per heavy atom. The number of hydrogen-bond donors (Lipinski definition) is 1. The van der Waals surface area contributed by atoms with Gasteiger partial charge in [-0.05, 0) is 28.1 Å². The van der Waals surface area contributed by atoms with Gasteiger partial charge in [-0.3, -0.25) is 9.69 Å². The topological polar surface area (TPSA) is 47.0 Å². The van der Waals surface area contributed by atoms with Gasteiger partial charge in [-0.15, -0.1) is 0 Å². The molecule has 0 aromatic rings. The average Bonchev–Trinajstić information content (AvgIpc) is 2.20. The number of nitrogens with zero attached hydrogens (tertiary/aromatic N) is 3. The van der Waals surface area contributed by atoms with Crippen molar-refractivity contribution in [1.29, 1.82) is 0 Å². The Bertz CT molecular complexity index is 258. The van der Waals surface area contributed by atoms with Gasteiger partial charge in [-0.1, -0.05) is 0 Å².